The third kappa shape index (κ3) is 4.46. The summed E-state index contributed by atoms with van der Waals surface area (Å²) in [6.45, 7) is 4.42. The van der Waals surface area contributed by atoms with Gasteiger partial charge in [0, 0.05) is 13.2 Å². The molecule has 1 unspecified atom stereocenters. The van der Waals surface area contributed by atoms with Gasteiger partial charge in [0.2, 0.25) is 5.91 Å². The number of hydrogen-bond donors (Lipinski definition) is 1. The third-order valence-electron chi connectivity index (χ3n) is 6.23. The maximum absolute atomic E-state index is 13.2. The normalized spacial score (nSPS) is 18.0. The minimum absolute atomic E-state index is 0.0563. The van der Waals surface area contributed by atoms with E-state index >= 15 is 0 Å². The lowest BCUT2D eigenvalue weighted by molar-refractivity contribution is -0.126. The molecule has 1 fully saturated rings. The summed E-state index contributed by atoms with van der Waals surface area (Å²) in [5, 5.41) is 3.17. The minimum Gasteiger partial charge on any atom is -0.486 e. The molecular weight excluding hydrogens is 378 g/mol. The fourth-order valence-corrected chi connectivity index (χ4v) is 4.49. The van der Waals surface area contributed by atoms with Gasteiger partial charge in [-0.15, -0.1) is 0 Å². The summed E-state index contributed by atoms with van der Waals surface area (Å²) in [4.78, 5) is 13.2. The molecule has 1 atom stereocenters. The Balaban J connectivity index is 1.32. The van der Waals surface area contributed by atoms with Crippen LogP contribution in [0.15, 0.2) is 48.5 Å². The van der Waals surface area contributed by atoms with Crippen molar-refractivity contribution in [3.8, 4) is 11.5 Å². The Morgan fingerprint density at radius 1 is 1.07 bits per heavy atom. The highest BCUT2D eigenvalue weighted by molar-refractivity contribution is 5.88. The minimum atomic E-state index is -0.464. The molecule has 0 saturated heterocycles. The largest absolute Gasteiger partial charge is 0.486 e. The molecule has 0 spiro atoms. The Hall–Kier alpha value is -2.53. The Kier molecular flexibility index (Phi) is 6.58. The molecule has 0 aromatic heterocycles. The highest BCUT2D eigenvalue weighted by Gasteiger charge is 2.43. The monoisotopic (exact) mass is 409 g/mol. The van der Waals surface area contributed by atoms with Crippen molar-refractivity contribution in [2.75, 3.05) is 26.4 Å². The van der Waals surface area contributed by atoms with Crippen LogP contribution in [0.5, 0.6) is 11.5 Å². The summed E-state index contributed by atoms with van der Waals surface area (Å²) in [6, 6.07) is 16.2. The van der Waals surface area contributed by atoms with Crippen LogP contribution in [0.25, 0.3) is 0 Å². The molecule has 5 nitrogen and oxygen atoms in total. The average molecular weight is 410 g/mol. The zero-order valence-electron chi connectivity index (χ0n) is 17.7. The van der Waals surface area contributed by atoms with E-state index in [4.69, 9.17) is 14.2 Å². The molecule has 1 aliphatic heterocycles. The molecule has 4 rings (SSSR count). The standard InChI is InChI=1S/C25H31NO4/c1-19(20-8-3-2-4-9-20)28-15-7-14-26-24(27)25(12-5-6-13-25)21-10-11-22-23(18-21)30-17-16-29-22/h2-4,8-11,18-19H,5-7,12-17H2,1H3,(H,26,27). The van der Waals surface area contributed by atoms with Gasteiger partial charge in [-0.2, -0.15) is 0 Å². The molecule has 160 valence electrons. The van der Waals surface area contributed by atoms with Crippen molar-refractivity contribution in [3.05, 3.63) is 59.7 Å². The van der Waals surface area contributed by atoms with Crippen LogP contribution in [-0.4, -0.2) is 32.3 Å². The highest BCUT2D eigenvalue weighted by Crippen LogP contribution is 2.44. The number of benzene rings is 2. The number of rotatable bonds is 8. The van der Waals surface area contributed by atoms with Gasteiger partial charge in [-0.1, -0.05) is 49.2 Å². The molecule has 1 aliphatic carbocycles. The lowest BCUT2D eigenvalue weighted by atomic mass is 9.77. The second kappa shape index (κ2) is 9.52. The molecule has 30 heavy (non-hydrogen) atoms. The number of fused-ring (bicyclic) bond motifs is 1. The summed E-state index contributed by atoms with van der Waals surface area (Å²) in [5.41, 5.74) is 1.74. The first-order valence-corrected chi connectivity index (χ1v) is 11.0. The zero-order valence-corrected chi connectivity index (χ0v) is 17.7. The van der Waals surface area contributed by atoms with Gasteiger partial charge >= 0.3 is 0 Å². The Morgan fingerprint density at radius 2 is 1.80 bits per heavy atom. The second-order valence-corrected chi connectivity index (χ2v) is 8.18. The molecule has 0 bridgehead atoms. The van der Waals surface area contributed by atoms with Crippen LogP contribution in [0.1, 0.15) is 56.3 Å². The average Bonchev–Trinajstić information content (AvgIpc) is 3.30. The molecule has 1 saturated carbocycles. The van der Waals surface area contributed by atoms with E-state index in [0.29, 0.717) is 26.4 Å². The second-order valence-electron chi connectivity index (χ2n) is 8.18. The van der Waals surface area contributed by atoms with E-state index in [1.54, 1.807) is 0 Å². The van der Waals surface area contributed by atoms with Crippen LogP contribution < -0.4 is 14.8 Å². The van der Waals surface area contributed by atoms with E-state index in [0.717, 1.165) is 49.2 Å². The molecule has 5 heteroatoms. The summed E-state index contributed by atoms with van der Waals surface area (Å²) in [6.07, 6.45) is 4.74. The molecule has 1 amide bonds. The lowest BCUT2D eigenvalue weighted by Crippen LogP contribution is -2.43. The molecule has 0 radical (unpaired) electrons. The predicted molar refractivity (Wildman–Crippen MR) is 116 cm³/mol. The fraction of sp³-hybridized carbons (Fsp3) is 0.480. The van der Waals surface area contributed by atoms with Crippen molar-refractivity contribution in [1.82, 2.24) is 5.32 Å². The SMILES string of the molecule is CC(OCCCNC(=O)C1(c2ccc3c(c2)OCCO3)CCCC1)c1ccccc1. The lowest BCUT2D eigenvalue weighted by Gasteiger charge is -2.30. The molecule has 1 N–H and O–H groups in total. The number of amides is 1. The van der Waals surface area contributed by atoms with E-state index in [1.807, 2.05) is 36.4 Å². The van der Waals surface area contributed by atoms with Crippen molar-refractivity contribution < 1.29 is 19.0 Å². The van der Waals surface area contributed by atoms with Gasteiger partial charge in [-0.05, 0) is 49.4 Å². The van der Waals surface area contributed by atoms with Crippen LogP contribution in [0.3, 0.4) is 0 Å². The van der Waals surface area contributed by atoms with Gasteiger partial charge in [0.1, 0.15) is 13.2 Å². The molecule has 2 aliphatic rings. The molecule has 2 aromatic rings. The number of carbonyl (C=O) groups excluding carboxylic acids is 1. The van der Waals surface area contributed by atoms with Crippen molar-refractivity contribution >= 4 is 5.91 Å². The van der Waals surface area contributed by atoms with Crippen molar-refractivity contribution in [2.24, 2.45) is 0 Å². The van der Waals surface area contributed by atoms with Gasteiger partial charge in [-0.25, -0.2) is 0 Å². The zero-order chi connectivity index (χ0) is 20.8. The Bertz CT molecular complexity index is 845. The summed E-state index contributed by atoms with van der Waals surface area (Å²) in [7, 11) is 0. The van der Waals surface area contributed by atoms with Gasteiger partial charge < -0.3 is 19.5 Å². The van der Waals surface area contributed by atoms with E-state index in [-0.39, 0.29) is 12.0 Å². The van der Waals surface area contributed by atoms with E-state index in [9.17, 15) is 4.79 Å². The van der Waals surface area contributed by atoms with Crippen molar-refractivity contribution in [2.45, 2.75) is 50.5 Å². The Labute approximate surface area is 178 Å². The van der Waals surface area contributed by atoms with Crippen molar-refractivity contribution in [3.63, 3.8) is 0 Å². The number of nitrogens with one attached hydrogen (secondary N) is 1. The van der Waals surface area contributed by atoms with Crippen LogP contribution in [-0.2, 0) is 14.9 Å². The van der Waals surface area contributed by atoms with Gasteiger partial charge in [-0.3, -0.25) is 4.79 Å². The van der Waals surface area contributed by atoms with Crippen molar-refractivity contribution in [1.29, 1.82) is 0 Å². The quantitative estimate of drug-likeness (QED) is 0.650. The van der Waals surface area contributed by atoms with Crippen LogP contribution in [0.4, 0.5) is 0 Å². The van der Waals surface area contributed by atoms with Crippen LogP contribution >= 0.6 is 0 Å². The van der Waals surface area contributed by atoms with Crippen LogP contribution in [0.2, 0.25) is 0 Å². The summed E-state index contributed by atoms with van der Waals surface area (Å²) >= 11 is 0. The first-order valence-electron chi connectivity index (χ1n) is 11.0. The number of ether oxygens (including phenoxy) is 3. The molecule has 2 aromatic carbocycles. The van der Waals surface area contributed by atoms with Gasteiger partial charge in [0.05, 0.1) is 11.5 Å². The van der Waals surface area contributed by atoms with Gasteiger partial charge in [0.15, 0.2) is 11.5 Å². The van der Waals surface area contributed by atoms with E-state index < -0.39 is 5.41 Å². The Morgan fingerprint density at radius 3 is 2.57 bits per heavy atom. The maximum atomic E-state index is 13.2. The number of carbonyl (C=O) groups is 1. The smallest absolute Gasteiger partial charge is 0.230 e. The predicted octanol–water partition coefficient (Wildman–Crippen LogP) is 4.55. The molecular formula is C25H31NO4. The fourth-order valence-electron chi connectivity index (χ4n) is 4.49. The summed E-state index contributed by atoms with van der Waals surface area (Å²) < 4.78 is 17.3. The highest BCUT2D eigenvalue weighted by atomic mass is 16.6. The van der Waals surface area contributed by atoms with E-state index in [2.05, 4.69) is 24.4 Å². The van der Waals surface area contributed by atoms with Crippen LogP contribution in [0, 0.1) is 0 Å². The topological polar surface area (TPSA) is 56.8 Å². The van der Waals surface area contributed by atoms with E-state index in [1.165, 1.54) is 5.56 Å². The first kappa shape index (κ1) is 20.7. The number of hydrogen-bond acceptors (Lipinski definition) is 4. The third-order valence-corrected chi connectivity index (χ3v) is 6.23. The van der Waals surface area contributed by atoms with Gasteiger partial charge in [0.25, 0.3) is 0 Å². The summed E-state index contributed by atoms with van der Waals surface area (Å²) in [5.74, 6) is 1.64. The first-order chi connectivity index (χ1) is 14.7. The molecule has 1 heterocycles. The maximum Gasteiger partial charge on any atom is 0.230 e.